The van der Waals surface area contributed by atoms with E-state index in [2.05, 4.69) is 0 Å². The van der Waals surface area contributed by atoms with E-state index in [1.807, 2.05) is 11.5 Å². The van der Waals surface area contributed by atoms with E-state index in [1.165, 1.54) is 25.4 Å². The molecule has 2 nitrogen and oxygen atoms in total. The van der Waals surface area contributed by atoms with Gasteiger partial charge in [0.05, 0.1) is 0 Å². The molecule has 0 aromatic rings. The predicted octanol–water partition coefficient (Wildman–Crippen LogP) is 0.231. The van der Waals surface area contributed by atoms with Crippen molar-refractivity contribution in [1.82, 2.24) is 0 Å². The van der Waals surface area contributed by atoms with Crippen LogP contribution in [0.2, 0.25) is 0 Å². The minimum absolute atomic E-state index is 0.715. The Morgan fingerprint density at radius 2 is 2.30 bits per heavy atom. The Balaban J connectivity index is 0. The van der Waals surface area contributed by atoms with Crippen molar-refractivity contribution in [1.29, 1.82) is 0 Å². The van der Waals surface area contributed by atoms with Gasteiger partial charge in [0.1, 0.15) is 0 Å². The quantitative estimate of drug-likeness (QED) is 0.588. The van der Waals surface area contributed by atoms with E-state index in [4.69, 9.17) is 16.4 Å². The number of aliphatic hydroxyl groups is 1. The number of rotatable bonds is 3. The van der Waals surface area contributed by atoms with Gasteiger partial charge in [0.15, 0.2) is 0 Å². The van der Waals surface area contributed by atoms with E-state index in [-0.39, 0.29) is 0 Å². The normalized spacial score (nSPS) is 7.00. The van der Waals surface area contributed by atoms with Gasteiger partial charge in [0.25, 0.3) is 0 Å². The van der Waals surface area contributed by atoms with Crippen LogP contribution in [-0.2, 0) is 43.4 Å². The van der Waals surface area contributed by atoms with E-state index in [0.29, 0.717) is 6.61 Å². The first-order chi connectivity index (χ1) is 4.72. The second-order valence-electron chi connectivity index (χ2n) is 1.01. The summed E-state index contributed by atoms with van der Waals surface area (Å²) in [5.74, 6) is 0. The van der Waals surface area contributed by atoms with Gasteiger partial charge in [-0.25, -0.2) is 0 Å². The first-order valence-electron chi connectivity index (χ1n) is 2.45. The average molecular weight is 480 g/mol. The monoisotopic (exact) mass is 480 g/mol. The van der Waals surface area contributed by atoms with Crippen molar-refractivity contribution in [2.75, 3.05) is 6.61 Å². The summed E-state index contributed by atoms with van der Waals surface area (Å²) in [6.45, 7) is 7.74. The molecule has 0 amide bonds. The molecule has 0 unspecified atom stereocenters. The molecule has 1 N–H and O–H groups in total. The van der Waals surface area contributed by atoms with Gasteiger partial charge >= 0.3 is 83.4 Å². The molecule has 0 saturated carbocycles. The molecule has 0 bridgehead atoms. The zero-order chi connectivity index (χ0) is 8.41. The number of ether oxygens (including phenoxy) is 1. The molecule has 10 heavy (non-hydrogen) atoms. The molecular weight excluding hydrogens is 472 g/mol. The van der Waals surface area contributed by atoms with Gasteiger partial charge in [0, 0.05) is 0 Å². The van der Waals surface area contributed by atoms with Gasteiger partial charge < -0.3 is 0 Å². The number of hydrogen-bond donors (Lipinski definition) is 1. The summed E-state index contributed by atoms with van der Waals surface area (Å²) in [4.78, 5) is 0. The number of aliphatic hydroxyl groups excluding tert-OH is 1. The van der Waals surface area contributed by atoms with Crippen LogP contribution in [0.5, 0.6) is 0 Å². The second kappa shape index (κ2) is 12.5. The molecule has 4 heteroatoms. The number of hydrogen-bond acceptors (Lipinski definition) is 2. The molecular formula is C6H8O2W2-2. The molecule has 0 radical (unpaired) electrons. The van der Waals surface area contributed by atoms with Crippen molar-refractivity contribution in [2.45, 2.75) is 6.92 Å². The summed E-state index contributed by atoms with van der Waals surface area (Å²) >= 11 is 2.25. The summed E-state index contributed by atoms with van der Waals surface area (Å²) in [5, 5.41) is 7.36. The molecule has 0 aliphatic heterocycles. The van der Waals surface area contributed by atoms with E-state index in [9.17, 15) is 0 Å². The molecule has 0 aliphatic carbocycles. The zero-order valence-corrected chi connectivity index (χ0v) is 11.4. The van der Waals surface area contributed by atoms with E-state index < -0.39 is 0 Å². The Morgan fingerprint density at radius 3 is 2.40 bits per heavy atom. The van der Waals surface area contributed by atoms with Crippen molar-refractivity contribution in [3.63, 3.8) is 0 Å². The van der Waals surface area contributed by atoms with Crippen molar-refractivity contribution in [2.24, 2.45) is 0 Å². The van der Waals surface area contributed by atoms with Crippen LogP contribution in [0.1, 0.15) is 6.92 Å². The van der Waals surface area contributed by atoms with Crippen LogP contribution in [0.15, 0.2) is 6.08 Å². The molecule has 0 aromatic heterocycles. The topological polar surface area (TPSA) is 29.5 Å². The second-order valence-corrected chi connectivity index (χ2v) is 3.11. The van der Waals surface area contributed by atoms with Crippen LogP contribution in [0, 0.1) is 6.58 Å². The third kappa shape index (κ3) is 15.9. The Labute approximate surface area is 83.1 Å². The molecule has 0 fully saturated rings. The molecule has 58 valence electrons. The first kappa shape index (κ1) is 13.4. The molecule has 0 aliphatic rings. The van der Waals surface area contributed by atoms with E-state index in [1.54, 1.807) is 0 Å². The summed E-state index contributed by atoms with van der Waals surface area (Å²) in [6.07, 6.45) is 1.48. The Hall–Kier alpha value is 0.777. The van der Waals surface area contributed by atoms with Crippen molar-refractivity contribution >= 4 is 8.67 Å². The Bertz CT molecular complexity index is 112. The first-order valence-corrected chi connectivity index (χ1v) is 5.39. The summed E-state index contributed by atoms with van der Waals surface area (Å²) in [7, 11) is 0. The molecule has 0 rings (SSSR count). The van der Waals surface area contributed by atoms with Gasteiger partial charge in [-0.2, -0.15) is 0 Å². The summed E-state index contributed by atoms with van der Waals surface area (Å²) in [6, 6.07) is 0. The van der Waals surface area contributed by atoms with Gasteiger partial charge in [-0.3, -0.25) is 0 Å². The third-order valence-corrected chi connectivity index (χ3v) is 1.33. The molecule has 0 saturated heterocycles. The fourth-order valence-corrected chi connectivity index (χ4v) is 0.614. The molecule has 0 atom stereocenters. The van der Waals surface area contributed by atoms with Crippen LogP contribution < -0.4 is 0 Å². The fourth-order valence-electron chi connectivity index (χ4n) is 0.190. The van der Waals surface area contributed by atoms with Crippen molar-refractivity contribution < 1.29 is 48.6 Å². The van der Waals surface area contributed by atoms with Crippen LogP contribution >= 0.6 is 0 Å². The average Bonchev–Trinajstić information content (AvgIpc) is 1.90. The minimum atomic E-state index is 0.715. The van der Waals surface area contributed by atoms with E-state index >= 15 is 0 Å². The standard InChI is InChI=1S/C5H7O.CHO.2W/c1-3-5-6-4-2;1-2;;/h1,3H,4H2,2H3;2H;;/q2*-1;;. The SMILES string of the molecule is O[C-]=[W].[CH-]=C[C](=[W])OCC. The van der Waals surface area contributed by atoms with Gasteiger partial charge in [-0.15, -0.1) is 0 Å². The van der Waals surface area contributed by atoms with Gasteiger partial charge in [-0.1, -0.05) is 0 Å². The van der Waals surface area contributed by atoms with Crippen molar-refractivity contribution in [3.8, 4) is 0 Å². The molecule has 0 spiro atoms. The zero-order valence-electron chi connectivity index (χ0n) is 5.53. The van der Waals surface area contributed by atoms with Crippen LogP contribution in [0.25, 0.3) is 0 Å². The Kier molecular flexibility index (Phi) is 16.7. The van der Waals surface area contributed by atoms with Crippen LogP contribution in [-0.4, -0.2) is 20.4 Å². The molecule has 0 heterocycles. The maximum atomic E-state index is 7.36. The Morgan fingerprint density at radius 1 is 1.90 bits per heavy atom. The third-order valence-electron chi connectivity index (χ3n) is 0.423. The van der Waals surface area contributed by atoms with Crippen LogP contribution in [0.3, 0.4) is 0 Å². The van der Waals surface area contributed by atoms with E-state index in [0.717, 1.165) is 23.4 Å². The fraction of sp³-hybridized carbons (Fsp3) is 0.333. The summed E-state index contributed by atoms with van der Waals surface area (Å²) < 4.78 is 7.66. The van der Waals surface area contributed by atoms with Gasteiger partial charge in [0.2, 0.25) is 0 Å². The molecule has 0 aromatic carbocycles. The predicted molar refractivity (Wildman–Crippen MR) is 32.4 cm³/mol. The summed E-state index contributed by atoms with van der Waals surface area (Å²) in [5.41, 5.74) is 0. The van der Waals surface area contributed by atoms with Crippen molar-refractivity contribution in [3.05, 3.63) is 12.7 Å². The maximum absolute atomic E-state index is 7.36. The van der Waals surface area contributed by atoms with Crippen LogP contribution in [0.4, 0.5) is 0 Å². The van der Waals surface area contributed by atoms with Gasteiger partial charge in [-0.05, 0) is 0 Å².